The average molecular weight is 211 g/mol. The monoisotopic (exact) mass is 211 g/mol. The number of rotatable bonds is 3. The Labute approximate surface area is 80.6 Å². The molecule has 1 atom stereocenters. The highest BCUT2D eigenvalue weighted by Crippen LogP contribution is 2.35. The standard InChI is InChI=1S/C8H12F3NS/c9-8(10,11)4-3-6(12)7(13)5-1-2-5/h6,13H,1-4,12H2. The summed E-state index contributed by atoms with van der Waals surface area (Å²) >= 11 is 4.10. The van der Waals surface area contributed by atoms with Crippen LogP contribution in [0.2, 0.25) is 0 Å². The van der Waals surface area contributed by atoms with Crippen LogP contribution in [0.4, 0.5) is 13.2 Å². The molecule has 0 spiro atoms. The number of hydrogen-bond donors (Lipinski definition) is 2. The molecule has 1 aliphatic carbocycles. The first-order chi connectivity index (χ1) is 5.90. The number of hydrogen-bond acceptors (Lipinski definition) is 2. The van der Waals surface area contributed by atoms with Gasteiger partial charge in [0, 0.05) is 12.5 Å². The molecule has 0 heterocycles. The molecular weight excluding hydrogens is 199 g/mol. The zero-order chi connectivity index (χ0) is 10.1. The molecule has 1 nitrogen and oxygen atoms in total. The highest BCUT2D eigenvalue weighted by atomic mass is 32.1. The molecule has 5 heteroatoms. The van der Waals surface area contributed by atoms with Gasteiger partial charge in [0.05, 0.1) is 0 Å². The lowest BCUT2D eigenvalue weighted by Crippen LogP contribution is -2.23. The Morgan fingerprint density at radius 3 is 2.38 bits per heavy atom. The molecule has 0 aliphatic heterocycles. The van der Waals surface area contributed by atoms with Crippen molar-refractivity contribution < 1.29 is 13.2 Å². The number of thiol groups is 1. The average Bonchev–Trinajstić information content (AvgIpc) is 2.79. The first-order valence-electron chi connectivity index (χ1n) is 4.13. The van der Waals surface area contributed by atoms with Gasteiger partial charge in [0.1, 0.15) is 0 Å². The molecule has 1 aliphatic rings. The van der Waals surface area contributed by atoms with Gasteiger partial charge >= 0.3 is 6.18 Å². The Bertz CT molecular complexity index is 216. The second-order valence-corrected chi connectivity index (χ2v) is 3.73. The summed E-state index contributed by atoms with van der Waals surface area (Å²) in [5.74, 6) is 0. The summed E-state index contributed by atoms with van der Waals surface area (Å²) < 4.78 is 35.4. The van der Waals surface area contributed by atoms with Crippen molar-refractivity contribution in [2.75, 3.05) is 0 Å². The number of allylic oxidation sites excluding steroid dienone is 1. The van der Waals surface area contributed by atoms with Crippen LogP contribution in [0.25, 0.3) is 0 Å². The third-order valence-electron chi connectivity index (χ3n) is 1.95. The number of nitrogens with two attached hydrogens (primary N) is 1. The second-order valence-electron chi connectivity index (χ2n) is 3.25. The van der Waals surface area contributed by atoms with E-state index in [-0.39, 0.29) is 6.42 Å². The maximum atomic E-state index is 11.8. The van der Waals surface area contributed by atoms with Gasteiger partial charge in [-0.05, 0) is 24.2 Å². The van der Waals surface area contributed by atoms with E-state index in [4.69, 9.17) is 5.73 Å². The Kier molecular flexibility index (Phi) is 3.29. The van der Waals surface area contributed by atoms with Crippen LogP contribution in [0.15, 0.2) is 10.5 Å². The molecule has 1 saturated carbocycles. The summed E-state index contributed by atoms with van der Waals surface area (Å²) in [7, 11) is 0. The normalized spacial score (nSPS) is 18.7. The number of alkyl halides is 3. The quantitative estimate of drug-likeness (QED) is 0.689. The maximum absolute atomic E-state index is 11.8. The lowest BCUT2D eigenvalue weighted by molar-refractivity contribution is -0.135. The molecule has 76 valence electrons. The van der Waals surface area contributed by atoms with E-state index in [0.717, 1.165) is 18.4 Å². The van der Waals surface area contributed by atoms with Crippen LogP contribution in [0, 0.1) is 0 Å². The van der Waals surface area contributed by atoms with Crippen molar-refractivity contribution >= 4 is 12.6 Å². The molecule has 2 N–H and O–H groups in total. The van der Waals surface area contributed by atoms with Crippen molar-refractivity contribution in [3.8, 4) is 0 Å². The molecule has 0 radical (unpaired) electrons. The highest BCUT2D eigenvalue weighted by molar-refractivity contribution is 7.84. The smallest absolute Gasteiger partial charge is 0.324 e. The summed E-state index contributed by atoms with van der Waals surface area (Å²) in [5.41, 5.74) is 6.64. The topological polar surface area (TPSA) is 26.0 Å². The fourth-order valence-corrected chi connectivity index (χ4v) is 1.39. The van der Waals surface area contributed by atoms with Crippen molar-refractivity contribution in [2.24, 2.45) is 5.73 Å². The maximum Gasteiger partial charge on any atom is 0.389 e. The molecule has 0 aromatic carbocycles. The molecule has 13 heavy (non-hydrogen) atoms. The molecule has 0 aromatic rings. The minimum Gasteiger partial charge on any atom is -0.324 e. The van der Waals surface area contributed by atoms with Gasteiger partial charge in [-0.3, -0.25) is 0 Å². The van der Waals surface area contributed by atoms with E-state index in [2.05, 4.69) is 12.6 Å². The lowest BCUT2D eigenvalue weighted by Gasteiger charge is -2.12. The summed E-state index contributed by atoms with van der Waals surface area (Å²) in [4.78, 5) is 0.657. The van der Waals surface area contributed by atoms with Crippen LogP contribution in [-0.4, -0.2) is 12.2 Å². The zero-order valence-corrected chi connectivity index (χ0v) is 7.96. The van der Waals surface area contributed by atoms with Crippen molar-refractivity contribution in [1.82, 2.24) is 0 Å². The molecule has 0 aromatic heterocycles. The van der Waals surface area contributed by atoms with Gasteiger partial charge in [-0.15, -0.1) is 12.6 Å². The predicted molar refractivity (Wildman–Crippen MR) is 48.5 cm³/mol. The first kappa shape index (κ1) is 10.9. The van der Waals surface area contributed by atoms with Gasteiger partial charge in [-0.2, -0.15) is 13.2 Å². The Morgan fingerprint density at radius 1 is 1.46 bits per heavy atom. The van der Waals surface area contributed by atoms with Crippen LogP contribution >= 0.6 is 12.6 Å². The molecule has 1 rings (SSSR count). The van der Waals surface area contributed by atoms with E-state index in [9.17, 15) is 13.2 Å². The van der Waals surface area contributed by atoms with Crippen molar-refractivity contribution in [3.63, 3.8) is 0 Å². The number of halogens is 3. The van der Waals surface area contributed by atoms with Crippen LogP contribution in [0.1, 0.15) is 25.7 Å². The van der Waals surface area contributed by atoms with Crippen LogP contribution in [-0.2, 0) is 0 Å². The zero-order valence-electron chi connectivity index (χ0n) is 7.06. The second kappa shape index (κ2) is 3.92. The third kappa shape index (κ3) is 4.04. The van der Waals surface area contributed by atoms with Gasteiger partial charge in [0.2, 0.25) is 0 Å². The summed E-state index contributed by atoms with van der Waals surface area (Å²) in [5, 5.41) is 0. The first-order valence-corrected chi connectivity index (χ1v) is 4.58. The fraction of sp³-hybridized carbons (Fsp3) is 0.750. The van der Waals surface area contributed by atoms with Gasteiger partial charge in [-0.1, -0.05) is 5.57 Å². The Balaban J connectivity index is 2.33. The molecule has 1 fully saturated rings. The van der Waals surface area contributed by atoms with Crippen LogP contribution in [0.5, 0.6) is 0 Å². The van der Waals surface area contributed by atoms with Crippen LogP contribution < -0.4 is 5.73 Å². The molecule has 0 amide bonds. The van der Waals surface area contributed by atoms with Gasteiger partial charge in [0.15, 0.2) is 0 Å². The lowest BCUT2D eigenvalue weighted by atomic mass is 10.1. The van der Waals surface area contributed by atoms with E-state index in [1.165, 1.54) is 0 Å². The highest BCUT2D eigenvalue weighted by Gasteiger charge is 2.29. The minimum atomic E-state index is -4.11. The summed E-state index contributed by atoms with van der Waals surface area (Å²) in [6.45, 7) is 0. The van der Waals surface area contributed by atoms with Crippen molar-refractivity contribution in [2.45, 2.75) is 37.9 Å². The van der Waals surface area contributed by atoms with E-state index in [0.29, 0.717) is 4.91 Å². The van der Waals surface area contributed by atoms with E-state index in [1.54, 1.807) is 0 Å². The van der Waals surface area contributed by atoms with E-state index >= 15 is 0 Å². The Hall–Kier alpha value is -0.160. The minimum absolute atomic E-state index is 0.0637. The molecule has 1 unspecified atom stereocenters. The molecule has 0 saturated heterocycles. The van der Waals surface area contributed by atoms with Gasteiger partial charge in [0.25, 0.3) is 0 Å². The van der Waals surface area contributed by atoms with Crippen LogP contribution in [0.3, 0.4) is 0 Å². The van der Waals surface area contributed by atoms with Crippen molar-refractivity contribution in [1.29, 1.82) is 0 Å². The largest absolute Gasteiger partial charge is 0.389 e. The van der Waals surface area contributed by atoms with E-state index in [1.807, 2.05) is 0 Å². The Morgan fingerprint density at radius 2 is 2.00 bits per heavy atom. The predicted octanol–water partition coefficient (Wildman–Crippen LogP) is 2.63. The van der Waals surface area contributed by atoms with E-state index < -0.39 is 18.6 Å². The summed E-state index contributed by atoms with van der Waals surface area (Å²) in [6, 6.07) is -0.539. The van der Waals surface area contributed by atoms with Gasteiger partial charge in [-0.25, -0.2) is 0 Å². The molecular formula is C8H12F3NS. The van der Waals surface area contributed by atoms with Gasteiger partial charge < -0.3 is 5.73 Å². The van der Waals surface area contributed by atoms with Crippen molar-refractivity contribution in [3.05, 3.63) is 10.5 Å². The third-order valence-corrected chi connectivity index (χ3v) is 2.60. The fourth-order valence-electron chi connectivity index (χ4n) is 1.04. The SMILES string of the molecule is NC(CCC(F)(F)F)C(S)=C1CC1. The summed E-state index contributed by atoms with van der Waals surface area (Å²) in [6.07, 6.45) is -3.12. The molecule has 0 bridgehead atoms.